The Balaban J connectivity index is 2.84. The Morgan fingerprint density at radius 1 is 1.42 bits per heavy atom. The predicted molar refractivity (Wildman–Crippen MR) is 93.0 cm³/mol. The molecule has 0 saturated carbocycles. The number of aromatic carboxylic acids is 1. The van der Waals surface area contributed by atoms with Crippen molar-refractivity contribution >= 4 is 21.7 Å². The van der Waals surface area contributed by atoms with E-state index in [-0.39, 0.29) is 23.1 Å². The summed E-state index contributed by atoms with van der Waals surface area (Å²) >= 11 is 0. The van der Waals surface area contributed by atoms with Gasteiger partial charge in [-0.1, -0.05) is 6.08 Å². The van der Waals surface area contributed by atoms with Crippen LogP contribution in [0.3, 0.4) is 0 Å². The molecule has 0 heterocycles. The summed E-state index contributed by atoms with van der Waals surface area (Å²) in [7, 11) is -3.77. The van der Waals surface area contributed by atoms with Crippen LogP contribution in [-0.4, -0.2) is 45.3 Å². The van der Waals surface area contributed by atoms with Crippen molar-refractivity contribution in [2.45, 2.75) is 31.3 Å². The second-order valence-electron chi connectivity index (χ2n) is 5.35. The molecule has 0 aliphatic carbocycles. The van der Waals surface area contributed by atoms with Gasteiger partial charge in [0, 0.05) is 25.4 Å². The van der Waals surface area contributed by atoms with Crippen LogP contribution in [0.5, 0.6) is 0 Å². The van der Waals surface area contributed by atoms with Crippen molar-refractivity contribution < 1.29 is 23.1 Å². The average Bonchev–Trinajstić information content (AvgIpc) is 2.52. The second kappa shape index (κ2) is 9.41. The normalized spacial score (nSPS) is 11.5. The third kappa shape index (κ3) is 6.31. The van der Waals surface area contributed by atoms with Gasteiger partial charge in [0.15, 0.2) is 0 Å². The number of sulfonamides is 1. The van der Waals surface area contributed by atoms with E-state index in [1.807, 2.05) is 13.8 Å². The van der Waals surface area contributed by atoms with Gasteiger partial charge in [0.2, 0.25) is 10.0 Å². The third-order valence-corrected chi connectivity index (χ3v) is 4.46. The molecule has 0 unspecified atom stereocenters. The van der Waals surface area contributed by atoms with Crippen LogP contribution in [0.1, 0.15) is 30.6 Å². The van der Waals surface area contributed by atoms with E-state index in [9.17, 15) is 18.3 Å². The molecule has 3 N–H and O–H groups in total. The third-order valence-electron chi connectivity index (χ3n) is 3.04. The Morgan fingerprint density at radius 2 is 2.12 bits per heavy atom. The van der Waals surface area contributed by atoms with Crippen molar-refractivity contribution in [3.8, 4) is 0 Å². The van der Waals surface area contributed by atoms with Crippen LogP contribution in [0.2, 0.25) is 0 Å². The van der Waals surface area contributed by atoms with Crippen molar-refractivity contribution in [2.24, 2.45) is 0 Å². The molecule has 1 aromatic carbocycles. The number of carbonyl (C=O) groups is 1. The number of hydrogen-bond donors (Lipinski definition) is 3. The summed E-state index contributed by atoms with van der Waals surface area (Å²) in [6.45, 7) is 8.47. The van der Waals surface area contributed by atoms with E-state index in [0.717, 1.165) is 6.07 Å². The van der Waals surface area contributed by atoms with Gasteiger partial charge in [-0.15, -0.1) is 6.58 Å². The molecular formula is C16H24N2O5S. The monoisotopic (exact) mass is 356 g/mol. The molecule has 7 nitrogen and oxygen atoms in total. The highest BCUT2D eigenvalue weighted by atomic mass is 32.2. The van der Waals surface area contributed by atoms with Crippen molar-refractivity contribution in [3.63, 3.8) is 0 Å². The molecule has 0 fully saturated rings. The number of ether oxygens (including phenoxy) is 1. The van der Waals surface area contributed by atoms with Crippen LogP contribution in [0.15, 0.2) is 35.7 Å². The molecule has 0 atom stereocenters. The number of rotatable bonds is 11. The van der Waals surface area contributed by atoms with Gasteiger partial charge in [-0.25, -0.2) is 17.9 Å². The van der Waals surface area contributed by atoms with Gasteiger partial charge >= 0.3 is 5.97 Å². The maximum absolute atomic E-state index is 12.1. The molecule has 0 amide bonds. The number of carboxylic acids is 1. The summed E-state index contributed by atoms with van der Waals surface area (Å²) in [6, 6.07) is 3.96. The zero-order valence-corrected chi connectivity index (χ0v) is 14.7. The lowest BCUT2D eigenvalue weighted by Crippen LogP contribution is -2.24. The minimum absolute atomic E-state index is 0.0700. The van der Waals surface area contributed by atoms with Gasteiger partial charge in [0.25, 0.3) is 0 Å². The summed E-state index contributed by atoms with van der Waals surface area (Å²) in [5.74, 6) is -1.20. The largest absolute Gasteiger partial charge is 0.478 e. The highest BCUT2D eigenvalue weighted by molar-refractivity contribution is 7.89. The van der Waals surface area contributed by atoms with Crippen molar-refractivity contribution in [3.05, 3.63) is 36.4 Å². The van der Waals surface area contributed by atoms with Gasteiger partial charge in [-0.2, -0.15) is 0 Å². The molecule has 0 spiro atoms. The first kappa shape index (κ1) is 20.1. The molecule has 0 aliphatic rings. The first-order valence-corrected chi connectivity index (χ1v) is 9.09. The first-order valence-electron chi connectivity index (χ1n) is 7.61. The van der Waals surface area contributed by atoms with E-state index < -0.39 is 16.0 Å². The Morgan fingerprint density at radius 3 is 2.71 bits per heavy atom. The number of anilines is 1. The molecule has 134 valence electrons. The molecule has 0 bridgehead atoms. The van der Waals surface area contributed by atoms with Crippen LogP contribution in [0, 0.1) is 0 Å². The standard InChI is InChI=1S/C16H24N2O5S/c1-4-8-18-24(21,22)13-6-7-15(14(11-13)16(19)20)17-9-5-10-23-12(2)3/h4,6-7,11-12,17-18H,1,5,8-10H2,2-3H3,(H,19,20). The smallest absolute Gasteiger partial charge is 0.337 e. The van der Waals surface area contributed by atoms with E-state index in [0.29, 0.717) is 25.3 Å². The van der Waals surface area contributed by atoms with Crippen molar-refractivity contribution in [2.75, 3.05) is 25.0 Å². The van der Waals surface area contributed by atoms with Crippen LogP contribution in [-0.2, 0) is 14.8 Å². The average molecular weight is 356 g/mol. The second-order valence-corrected chi connectivity index (χ2v) is 7.12. The Bertz CT molecular complexity index is 671. The van der Waals surface area contributed by atoms with Gasteiger partial charge < -0.3 is 15.2 Å². The molecular weight excluding hydrogens is 332 g/mol. The van der Waals surface area contributed by atoms with Crippen molar-refractivity contribution in [1.82, 2.24) is 4.72 Å². The highest BCUT2D eigenvalue weighted by Crippen LogP contribution is 2.20. The van der Waals surface area contributed by atoms with Crippen LogP contribution < -0.4 is 10.0 Å². The quantitative estimate of drug-likeness (QED) is 0.414. The van der Waals surface area contributed by atoms with Gasteiger partial charge in [0.05, 0.1) is 16.6 Å². The summed E-state index contributed by atoms with van der Waals surface area (Å²) in [4.78, 5) is 11.3. The fraction of sp³-hybridized carbons (Fsp3) is 0.438. The van der Waals surface area contributed by atoms with Crippen LogP contribution >= 0.6 is 0 Å². The Hall–Kier alpha value is -1.90. The van der Waals surface area contributed by atoms with E-state index in [1.165, 1.54) is 18.2 Å². The molecule has 0 aliphatic heterocycles. The maximum atomic E-state index is 12.1. The molecule has 1 aromatic rings. The maximum Gasteiger partial charge on any atom is 0.337 e. The molecule has 0 saturated heterocycles. The summed E-state index contributed by atoms with van der Waals surface area (Å²) < 4.78 is 31.8. The highest BCUT2D eigenvalue weighted by Gasteiger charge is 2.18. The molecule has 1 rings (SSSR count). The van der Waals surface area contributed by atoms with E-state index in [1.54, 1.807) is 0 Å². The summed E-state index contributed by atoms with van der Waals surface area (Å²) in [5, 5.41) is 12.3. The Labute approximate surface area is 142 Å². The molecule has 24 heavy (non-hydrogen) atoms. The summed E-state index contributed by atoms with van der Waals surface area (Å²) in [5.41, 5.74) is 0.274. The lowest BCUT2D eigenvalue weighted by Gasteiger charge is -2.12. The fourth-order valence-corrected chi connectivity index (χ4v) is 2.91. The minimum Gasteiger partial charge on any atom is -0.478 e. The summed E-state index contributed by atoms with van der Waals surface area (Å²) in [6.07, 6.45) is 2.26. The van der Waals surface area contributed by atoms with Gasteiger partial charge in [0.1, 0.15) is 0 Å². The van der Waals surface area contributed by atoms with E-state index in [4.69, 9.17) is 4.74 Å². The number of benzene rings is 1. The minimum atomic E-state index is -3.77. The number of nitrogens with one attached hydrogen (secondary N) is 2. The molecule has 0 aromatic heterocycles. The van der Waals surface area contributed by atoms with E-state index >= 15 is 0 Å². The SMILES string of the molecule is C=CCNS(=O)(=O)c1ccc(NCCCOC(C)C)c(C(=O)O)c1. The zero-order chi connectivity index (χ0) is 18.2. The van der Waals surface area contributed by atoms with Gasteiger partial charge in [-0.05, 0) is 38.5 Å². The lowest BCUT2D eigenvalue weighted by atomic mass is 10.2. The van der Waals surface area contributed by atoms with Gasteiger partial charge in [-0.3, -0.25) is 0 Å². The molecule has 0 radical (unpaired) electrons. The molecule has 8 heteroatoms. The Kier molecular flexibility index (Phi) is 7.90. The van der Waals surface area contributed by atoms with Crippen LogP contribution in [0.25, 0.3) is 0 Å². The van der Waals surface area contributed by atoms with Crippen LogP contribution in [0.4, 0.5) is 5.69 Å². The first-order chi connectivity index (χ1) is 11.3. The lowest BCUT2D eigenvalue weighted by molar-refractivity contribution is 0.0697. The topological polar surface area (TPSA) is 105 Å². The van der Waals surface area contributed by atoms with E-state index in [2.05, 4.69) is 16.6 Å². The fourth-order valence-electron chi connectivity index (χ4n) is 1.89. The zero-order valence-electron chi connectivity index (χ0n) is 13.9. The van der Waals surface area contributed by atoms with Crippen molar-refractivity contribution in [1.29, 1.82) is 0 Å². The number of carboxylic acid groups (broad SMARTS) is 1. The number of hydrogen-bond acceptors (Lipinski definition) is 5. The predicted octanol–water partition coefficient (Wildman–Crippen LogP) is 2.08.